The maximum absolute atomic E-state index is 12.4. The number of ether oxygens (including phenoxy) is 1. The molecule has 4 nitrogen and oxygen atoms in total. The molecule has 0 bridgehead atoms. The number of carbonyl (C=O) groups excluding carboxylic acids is 2. The molecule has 1 N–H and O–H groups in total. The van der Waals surface area contributed by atoms with Crippen molar-refractivity contribution in [2.75, 3.05) is 13.2 Å². The Labute approximate surface area is 215 Å². The fraction of sp³-hybridized carbons (Fsp3) is 0.400. The lowest BCUT2D eigenvalue weighted by atomic mass is 9.78. The molecule has 1 atom stereocenters. The zero-order chi connectivity index (χ0) is 25.8. The minimum Gasteiger partial charge on any atom is -0.464 e. The summed E-state index contributed by atoms with van der Waals surface area (Å²) in [5.41, 5.74) is 4.16. The van der Waals surface area contributed by atoms with Crippen LogP contribution in [0, 0.1) is 26.2 Å². The van der Waals surface area contributed by atoms with Crippen molar-refractivity contribution < 1.29 is 20.9 Å². The van der Waals surface area contributed by atoms with Gasteiger partial charge in [0.1, 0.15) is 12.4 Å². The molecule has 35 heavy (non-hydrogen) atoms. The number of hydrogen-bond acceptors (Lipinski definition) is 5. The van der Waals surface area contributed by atoms with Crippen LogP contribution in [-0.4, -0.2) is 30.1 Å². The molecule has 0 saturated heterocycles. The SMILES string of the molecule is CCCC(CCO)(COC(=O)Cc1sc(-c2ccccc2)cc1C)C(C)=O.Cc1ccccc1C.[HH]. The van der Waals surface area contributed by atoms with Gasteiger partial charge in [-0.2, -0.15) is 0 Å². The number of esters is 1. The van der Waals surface area contributed by atoms with Gasteiger partial charge in [0.15, 0.2) is 0 Å². The summed E-state index contributed by atoms with van der Waals surface area (Å²) in [7, 11) is 0. The van der Waals surface area contributed by atoms with Crippen LogP contribution >= 0.6 is 11.3 Å². The molecule has 0 aliphatic heterocycles. The average Bonchev–Trinajstić information content (AvgIpc) is 3.20. The van der Waals surface area contributed by atoms with Gasteiger partial charge in [0.25, 0.3) is 0 Å². The predicted molar refractivity (Wildman–Crippen MR) is 147 cm³/mol. The number of aliphatic hydroxyl groups excluding tert-OH is 1. The van der Waals surface area contributed by atoms with Crippen LogP contribution in [0.2, 0.25) is 0 Å². The van der Waals surface area contributed by atoms with Crippen molar-refractivity contribution in [1.29, 1.82) is 0 Å². The first-order chi connectivity index (χ1) is 16.7. The van der Waals surface area contributed by atoms with E-state index in [-0.39, 0.29) is 32.8 Å². The Morgan fingerprint density at radius 2 is 1.54 bits per heavy atom. The lowest BCUT2D eigenvalue weighted by molar-refractivity contribution is -0.150. The highest BCUT2D eigenvalue weighted by molar-refractivity contribution is 7.15. The molecule has 0 spiro atoms. The summed E-state index contributed by atoms with van der Waals surface area (Å²) in [5, 5.41) is 9.33. The summed E-state index contributed by atoms with van der Waals surface area (Å²) in [4.78, 5) is 26.6. The molecule has 1 unspecified atom stereocenters. The molecule has 1 heterocycles. The van der Waals surface area contributed by atoms with Crippen LogP contribution < -0.4 is 0 Å². The summed E-state index contributed by atoms with van der Waals surface area (Å²) in [6.07, 6.45) is 1.91. The third-order valence-electron chi connectivity index (χ3n) is 6.38. The Morgan fingerprint density at radius 1 is 0.943 bits per heavy atom. The largest absolute Gasteiger partial charge is 0.464 e. The van der Waals surface area contributed by atoms with E-state index in [1.807, 2.05) is 44.2 Å². The molecule has 2 aromatic carbocycles. The standard InChI is InChI=1S/C22H28O4S.C8H10.H2/c1-4-10-22(11-12-23,17(3)24)15-26-21(25)14-19-16(2)13-20(27-19)18-8-6-5-7-9-18;1-7-5-3-4-6-8(7)2;/h5-9,13,23H,4,10-12,14-15H2,1-3H3;3-6H,1-2H3;1H. The van der Waals surface area contributed by atoms with Gasteiger partial charge in [-0.15, -0.1) is 11.3 Å². The van der Waals surface area contributed by atoms with Crippen molar-refractivity contribution in [2.45, 2.75) is 60.3 Å². The highest BCUT2D eigenvalue weighted by atomic mass is 32.1. The summed E-state index contributed by atoms with van der Waals surface area (Å²) in [6.45, 7) is 9.66. The molecular weight excluding hydrogens is 456 g/mol. The Hall–Kier alpha value is -2.76. The van der Waals surface area contributed by atoms with Gasteiger partial charge in [0, 0.05) is 17.8 Å². The second kappa shape index (κ2) is 14.0. The van der Waals surface area contributed by atoms with E-state index in [4.69, 9.17) is 4.74 Å². The van der Waals surface area contributed by atoms with E-state index in [9.17, 15) is 14.7 Å². The van der Waals surface area contributed by atoms with Gasteiger partial charge in [-0.3, -0.25) is 9.59 Å². The van der Waals surface area contributed by atoms with E-state index in [0.717, 1.165) is 27.3 Å². The van der Waals surface area contributed by atoms with Gasteiger partial charge in [-0.05, 0) is 68.9 Å². The van der Waals surface area contributed by atoms with E-state index in [0.29, 0.717) is 12.8 Å². The van der Waals surface area contributed by atoms with Crippen molar-refractivity contribution in [2.24, 2.45) is 5.41 Å². The third kappa shape index (κ3) is 8.44. The quantitative estimate of drug-likeness (QED) is 0.304. The van der Waals surface area contributed by atoms with Crippen molar-refractivity contribution in [3.8, 4) is 10.4 Å². The molecule has 190 valence electrons. The van der Waals surface area contributed by atoms with Gasteiger partial charge in [-0.1, -0.05) is 67.9 Å². The van der Waals surface area contributed by atoms with E-state index in [1.165, 1.54) is 18.1 Å². The van der Waals surface area contributed by atoms with E-state index in [2.05, 4.69) is 44.2 Å². The van der Waals surface area contributed by atoms with Crippen LogP contribution in [0.3, 0.4) is 0 Å². The molecule has 3 rings (SSSR count). The minimum atomic E-state index is -0.779. The van der Waals surface area contributed by atoms with Gasteiger partial charge in [0.05, 0.1) is 11.8 Å². The van der Waals surface area contributed by atoms with Crippen LogP contribution in [0.5, 0.6) is 0 Å². The maximum Gasteiger partial charge on any atom is 0.311 e. The van der Waals surface area contributed by atoms with Crippen LogP contribution in [0.4, 0.5) is 0 Å². The molecular formula is C30H40O4S. The third-order valence-corrected chi connectivity index (χ3v) is 7.67. The Balaban J connectivity index is 0.000000611. The van der Waals surface area contributed by atoms with E-state index < -0.39 is 5.41 Å². The number of rotatable bonds is 10. The molecule has 1 aromatic heterocycles. The van der Waals surface area contributed by atoms with E-state index >= 15 is 0 Å². The number of hydrogen-bond donors (Lipinski definition) is 1. The average molecular weight is 497 g/mol. The molecule has 0 amide bonds. The zero-order valence-electron chi connectivity index (χ0n) is 21.6. The van der Waals surface area contributed by atoms with Crippen LogP contribution in [0.1, 0.15) is 56.1 Å². The molecule has 0 fully saturated rings. The predicted octanol–water partition coefficient (Wildman–Crippen LogP) is 7.12. The molecule has 0 saturated carbocycles. The summed E-state index contributed by atoms with van der Waals surface area (Å²) < 4.78 is 5.48. The number of benzene rings is 2. The summed E-state index contributed by atoms with van der Waals surface area (Å²) in [6, 6.07) is 20.5. The Kier molecular flexibility index (Phi) is 11.4. The number of carbonyl (C=O) groups is 2. The fourth-order valence-corrected chi connectivity index (χ4v) is 5.08. The van der Waals surface area contributed by atoms with Crippen molar-refractivity contribution in [3.05, 3.63) is 82.2 Å². The van der Waals surface area contributed by atoms with E-state index in [1.54, 1.807) is 11.3 Å². The van der Waals surface area contributed by atoms with Crippen molar-refractivity contribution in [1.82, 2.24) is 0 Å². The van der Waals surface area contributed by atoms with Gasteiger partial charge in [0.2, 0.25) is 0 Å². The topological polar surface area (TPSA) is 63.6 Å². The number of ketones is 1. The van der Waals surface area contributed by atoms with Crippen LogP contribution in [-0.2, 0) is 20.7 Å². The second-order valence-corrected chi connectivity index (χ2v) is 10.2. The summed E-state index contributed by atoms with van der Waals surface area (Å²) >= 11 is 1.59. The molecule has 5 heteroatoms. The van der Waals surface area contributed by atoms with Crippen molar-refractivity contribution >= 4 is 23.1 Å². The van der Waals surface area contributed by atoms with Gasteiger partial charge < -0.3 is 9.84 Å². The monoisotopic (exact) mass is 496 g/mol. The first kappa shape index (κ1) is 28.5. The number of Topliss-reactive ketones (excluding diaryl/α,β-unsaturated/α-hetero) is 1. The number of aliphatic hydroxyl groups is 1. The number of thiophene rings is 1. The number of aryl methyl sites for hydroxylation is 3. The second-order valence-electron chi connectivity index (χ2n) is 9.06. The molecule has 3 aromatic rings. The fourth-order valence-electron chi connectivity index (χ4n) is 3.92. The van der Waals surface area contributed by atoms with Crippen molar-refractivity contribution in [3.63, 3.8) is 0 Å². The molecule has 0 aliphatic carbocycles. The smallest absolute Gasteiger partial charge is 0.311 e. The highest BCUT2D eigenvalue weighted by Crippen LogP contribution is 2.33. The maximum atomic E-state index is 12.4. The summed E-state index contributed by atoms with van der Waals surface area (Å²) in [5.74, 6) is -0.371. The van der Waals surface area contributed by atoms with Crippen LogP contribution in [0.25, 0.3) is 10.4 Å². The highest BCUT2D eigenvalue weighted by Gasteiger charge is 2.35. The molecule has 0 radical (unpaired) electrons. The lowest BCUT2D eigenvalue weighted by Gasteiger charge is -2.29. The first-order valence-electron chi connectivity index (χ1n) is 12.2. The van der Waals surface area contributed by atoms with Gasteiger partial charge in [-0.25, -0.2) is 0 Å². The lowest BCUT2D eigenvalue weighted by Crippen LogP contribution is -2.36. The Bertz CT molecular complexity index is 1060. The normalized spacial score (nSPS) is 12.3. The molecule has 0 aliphatic rings. The first-order valence-corrected chi connectivity index (χ1v) is 13.0. The Morgan fingerprint density at radius 3 is 2.06 bits per heavy atom. The van der Waals surface area contributed by atoms with Gasteiger partial charge >= 0.3 is 5.97 Å². The zero-order valence-corrected chi connectivity index (χ0v) is 22.4. The minimum absolute atomic E-state index is 0. The van der Waals surface area contributed by atoms with Crippen LogP contribution in [0.15, 0.2) is 60.7 Å².